The monoisotopic (exact) mass is 143 g/mol. The Morgan fingerprint density at radius 1 is 1.50 bits per heavy atom. The van der Waals surface area contributed by atoms with Crippen molar-refractivity contribution in [3.8, 4) is 0 Å². The average molecular weight is 143 g/mol. The quantitative estimate of drug-likeness (QED) is 0.552. The molecule has 0 bridgehead atoms. The Balaban J connectivity index is 3.94. The van der Waals surface area contributed by atoms with Crippen molar-refractivity contribution in [2.24, 2.45) is 0 Å². The fourth-order valence-corrected chi connectivity index (χ4v) is 0.621. The number of rotatable bonds is 3. The lowest BCUT2D eigenvalue weighted by Gasteiger charge is -2.25. The summed E-state index contributed by atoms with van der Waals surface area (Å²) in [6.07, 6.45) is 0. The molecule has 0 rings (SSSR count). The minimum atomic E-state index is -0.767. The maximum absolute atomic E-state index is 10.4. The van der Waals surface area contributed by atoms with Crippen LogP contribution in [-0.2, 0) is 4.79 Å². The van der Waals surface area contributed by atoms with Gasteiger partial charge in [0.1, 0.15) is 0 Å². The molecule has 0 amide bonds. The zero-order valence-corrected chi connectivity index (χ0v) is 6.96. The van der Waals surface area contributed by atoms with Crippen LogP contribution in [0.4, 0.5) is 0 Å². The summed E-state index contributed by atoms with van der Waals surface area (Å²) in [5.74, 6) is -0.767. The molecule has 3 nitrogen and oxygen atoms in total. The van der Waals surface area contributed by atoms with Crippen molar-refractivity contribution in [3.63, 3.8) is 0 Å². The second-order valence-electron chi connectivity index (χ2n) is 2.77. The van der Waals surface area contributed by atoms with Gasteiger partial charge in [-0.1, -0.05) is 13.8 Å². The summed E-state index contributed by atoms with van der Waals surface area (Å²) >= 11 is 0. The van der Waals surface area contributed by atoms with Gasteiger partial charge in [-0.3, -0.25) is 4.79 Å². The second-order valence-corrected chi connectivity index (χ2v) is 2.77. The van der Waals surface area contributed by atoms with E-state index >= 15 is 0 Å². The molecule has 0 saturated carbocycles. The van der Waals surface area contributed by atoms with Gasteiger partial charge in [-0.25, -0.2) is 0 Å². The Morgan fingerprint density at radius 3 is 2.00 bits per heavy atom. The van der Waals surface area contributed by atoms with E-state index in [2.05, 4.69) is 0 Å². The van der Waals surface area contributed by atoms with Crippen molar-refractivity contribution in [1.29, 1.82) is 0 Å². The van der Waals surface area contributed by atoms with Gasteiger partial charge in [0.2, 0.25) is 0 Å². The van der Waals surface area contributed by atoms with E-state index in [-0.39, 0.29) is 12.1 Å². The van der Waals surface area contributed by atoms with Crippen LogP contribution in [0.1, 0.15) is 20.8 Å². The highest BCUT2D eigenvalue weighted by atomic mass is 16.4. The topological polar surface area (TPSA) is 40.5 Å². The van der Waals surface area contributed by atoms with Crippen molar-refractivity contribution in [2.45, 2.75) is 32.9 Å². The first-order valence-corrected chi connectivity index (χ1v) is 3.41. The maximum Gasteiger partial charge on any atom is 0.319 e. The Bertz CT molecular complexity index is 127. The lowest BCUT2D eigenvalue weighted by atomic mass is 10.1. The molecule has 4 heteroatoms. The highest BCUT2D eigenvalue weighted by Gasteiger charge is 2.17. The molecule has 1 atom stereocenters. The first kappa shape index (κ1) is 9.49. The van der Waals surface area contributed by atoms with E-state index in [1.807, 2.05) is 26.6 Å². The van der Waals surface area contributed by atoms with Crippen molar-refractivity contribution in [2.75, 3.05) is 0 Å². The third-order valence-corrected chi connectivity index (χ3v) is 1.78. The molecule has 0 heterocycles. The summed E-state index contributed by atoms with van der Waals surface area (Å²) in [7, 11) is 1.81. The number of hydrogen-bond donors (Lipinski definition) is 1. The van der Waals surface area contributed by atoms with Crippen LogP contribution >= 0.6 is 0 Å². The molecule has 0 aromatic rings. The number of carboxylic acid groups (broad SMARTS) is 1. The van der Waals surface area contributed by atoms with Crippen LogP contribution in [0, 0.1) is 0 Å². The molecule has 0 aromatic carbocycles. The largest absolute Gasteiger partial charge is 0.480 e. The molecule has 0 aliphatic heterocycles. The van der Waals surface area contributed by atoms with Gasteiger partial charge >= 0.3 is 5.97 Å². The normalized spacial score (nSPS) is 14.1. The van der Waals surface area contributed by atoms with Gasteiger partial charge in [-0.15, -0.1) is 0 Å². The van der Waals surface area contributed by atoms with Crippen LogP contribution in [0.5, 0.6) is 0 Å². The fourth-order valence-electron chi connectivity index (χ4n) is 0.621. The average Bonchev–Trinajstić information content (AvgIpc) is 1.84. The molecule has 0 aliphatic carbocycles. The van der Waals surface area contributed by atoms with Gasteiger partial charge in [0, 0.05) is 0 Å². The Kier molecular flexibility index (Phi) is 3.43. The molecule has 0 spiro atoms. The van der Waals surface area contributed by atoms with Crippen LogP contribution in [-0.4, -0.2) is 36.0 Å². The van der Waals surface area contributed by atoms with E-state index < -0.39 is 5.97 Å². The van der Waals surface area contributed by atoms with Crippen LogP contribution in [0.15, 0.2) is 0 Å². The highest BCUT2D eigenvalue weighted by molar-refractivity contribution is 6.06. The Hall–Kier alpha value is -0.505. The number of hydrogen-bond acceptors (Lipinski definition) is 2. The zero-order chi connectivity index (χ0) is 8.31. The number of aliphatic carboxylic acids is 1. The van der Waals surface area contributed by atoms with Crippen LogP contribution in [0.3, 0.4) is 0 Å². The molecule has 0 saturated heterocycles. The molecule has 0 radical (unpaired) electrons. The third kappa shape index (κ3) is 2.39. The molecule has 1 unspecified atom stereocenters. The van der Waals surface area contributed by atoms with E-state index in [0.717, 1.165) is 0 Å². The van der Waals surface area contributed by atoms with Crippen LogP contribution in [0.2, 0.25) is 0 Å². The molecule has 0 aromatic heterocycles. The Labute approximate surface area is 62.5 Å². The first-order valence-electron chi connectivity index (χ1n) is 3.41. The van der Waals surface area contributed by atoms with Crippen molar-refractivity contribution < 1.29 is 9.90 Å². The van der Waals surface area contributed by atoms with Gasteiger partial charge in [-0.05, 0) is 13.0 Å². The SMILES string of the molecule is BN(C(C)C)C(C)C(=O)O. The molecule has 0 fully saturated rings. The standard InChI is InChI=1S/C6H14BNO2/c1-4(2)8(7)5(3)6(9)10/h4-5H,7H2,1-3H3,(H,9,10). The van der Waals surface area contributed by atoms with Crippen LogP contribution < -0.4 is 0 Å². The van der Waals surface area contributed by atoms with Crippen LogP contribution in [0.25, 0.3) is 0 Å². The lowest BCUT2D eigenvalue weighted by Crippen LogP contribution is -2.41. The van der Waals surface area contributed by atoms with Crippen molar-refractivity contribution >= 4 is 14.0 Å². The summed E-state index contributed by atoms with van der Waals surface area (Å²) < 4.78 is 0. The molecular formula is C6H14BNO2. The third-order valence-electron chi connectivity index (χ3n) is 1.78. The number of nitrogens with zero attached hydrogens (tertiary/aromatic N) is 1. The van der Waals surface area contributed by atoms with Crippen molar-refractivity contribution in [3.05, 3.63) is 0 Å². The van der Waals surface area contributed by atoms with E-state index in [1.165, 1.54) is 0 Å². The van der Waals surface area contributed by atoms with Crippen molar-refractivity contribution in [1.82, 2.24) is 4.81 Å². The first-order chi connectivity index (χ1) is 4.46. The smallest absolute Gasteiger partial charge is 0.319 e. The summed E-state index contributed by atoms with van der Waals surface area (Å²) in [6, 6.07) is -0.105. The van der Waals surface area contributed by atoms with Gasteiger partial charge in [0.25, 0.3) is 0 Å². The molecule has 10 heavy (non-hydrogen) atoms. The molecular weight excluding hydrogens is 129 g/mol. The van der Waals surface area contributed by atoms with E-state index in [4.69, 9.17) is 5.11 Å². The predicted octanol–water partition coefficient (Wildman–Crippen LogP) is -0.282. The highest BCUT2D eigenvalue weighted by Crippen LogP contribution is 1.99. The summed E-state index contributed by atoms with van der Waals surface area (Å²) in [5.41, 5.74) is 0. The van der Waals surface area contributed by atoms with Gasteiger partial charge in [0.15, 0.2) is 7.98 Å². The van der Waals surface area contributed by atoms with Gasteiger partial charge in [-0.2, -0.15) is 0 Å². The molecule has 58 valence electrons. The van der Waals surface area contributed by atoms with Gasteiger partial charge < -0.3 is 9.92 Å². The van der Waals surface area contributed by atoms with E-state index in [0.29, 0.717) is 0 Å². The van der Waals surface area contributed by atoms with Gasteiger partial charge in [0.05, 0.1) is 6.04 Å². The maximum atomic E-state index is 10.4. The molecule has 1 N–H and O–H groups in total. The second kappa shape index (κ2) is 3.61. The zero-order valence-electron chi connectivity index (χ0n) is 6.96. The summed E-state index contributed by atoms with van der Waals surface area (Å²) in [4.78, 5) is 12.2. The predicted molar refractivity (Wildman–Crippen MR) is 42.6 cm³/mol. The Morgan fingerprint density at radius 2 is 1.90 bits per heavy atom. The van der Waals surface area contributed by atoms with E-state index in [1.54, 1.807) is 6.92 Å². The summed E-state index contributed by atoms with van der Waals surface area (Å²) in [6.45, 7) is 5.63. The van der Waals surface area contributed by atoms with E-state index in [9.17, 15) is 4.79 Å². The summed E-state index contributed by atoms with van der Waals surface area (Å²) in [5, 5.41) is 8.56. The minimum absolute atomic E-state index is 0.283. The number of carboxylic acids is 1. The number of carbonyl (C=O) groups is 1. The lowest BCUT2D eigenvalue weighted by molar-refractivity contribution is -0.141. The molecule has 0 aliphatic rings. The fraction of sp³-hybridized carbons (Fsp3) is 0.833. The minimum Gasteiger partial charge on any atom is -0.480 e.